The average molecular weight is 238 g/mol. The summed E-state index contributed by atoms with van der Waals surface area (Å²) in [7, 11) is 1.66. The number of carboxylic acid groups (broad SMARTS) is 1. The quantitative estimate of drug-likeness (QED) is 0.741. The van der Waals surface area contributed by atoms with Gasteiger partial charge in [-0.25, -0.2) is 4.79 Å². The lowest BCUT2D eigenvalue weighted by molar-refractivity contribution is 0.0691. The summed E-state index contributed by atoms with van der Waals surface area (Å²) >= 11 is 0. The van der Waals surface area contributed by atoms with Crippen LogP contribution in [0.25, 0.3) is 0 Å². The average Bonchev–Trinajstić information content (AvgIpc) is 2.30. The Kier molecular flexibility index (Phi) is 5.49. The molecule has 0 heterocycles. The molecule has 0 aliphatic rings. The highest BCUT2D eigenvalue weighted by atomic mass is 16.5. The molecule has 0 aliphatic carbocycles. The van der Waals surface area contributed by atoms with Crippen LogP contribution in [0, 0.1) is 6.92 Å². The molecule has 0 saturated carbocycles. The Bertz CT molecular complexity index is 374. The van der Waals surface area contributed by atoms with Gasteiger partial charge in [0, 0.05) is 13.7 Å². The van der Waals surface area contributed by atoms with E-state index in [1.165, 1.54) is 0 Å². The molecule has 0 saturated heterocycles. The fraction of sp³-hybridized carbons (Fsp3) is 0.462. The number of benzene rings is 1. The predicted molar refractivity (Wildman–Crippen MR) is 64.7 cm³/mol. The number of aryl methyl sites for hydroxylation is 1. The fourth-order valence-corrected chi connectivity index (χ4v) is 1.54. The SMILES string of the molecule is COCCCCOc1c(C)cccc1C(=O)O. The summed E-state index contributed by atoms with van der Waals surface area (Å²) in [4.78, 5) is 11.0. The van der Waals surface area contributed by atoms with E-state index in [0.717, 1.165) is 18.4 Å². The molecule has 1 aromatic rings. The molecule has 0 aliphatic heterocycles. The van der Waals surface area contributed by atoms with Crippen molar-refractivity contribution in [2.24, 2.45) is 0 Å². The van der Waals surface area contributed by atoms with Crippen LogP contribution in [0.1, 0.15) is 28.8 Å². The number of ether oxygens (including phenoxy) is 2. The Morgan fingerprint density at radius 2 is 2.00 bits per heavy atom. The van der Waals surface area contributed by atoms with E-state index in [0.29, 0.717) is 19.0 Å². The van der Waals surface area contributed by atoms with Gasteiger partial charge in [-0.1, -0.05) is 12.1 Å². The van der Waals surface area contributed by atoms with E-state index in [4.69, 9.17) is 14.6 Å². The number of rotatable bonds is 7. The smallest absolute Gasteiger partial charge is 0.339 e. The Morgan fingerprint density at radius 1 is 1.29 bits per heavy atom. The van der Waals surface area contributed by atoms with Gasteiger partial charge in [0.25, 0.3) is 0 Å². The second-order valence-electron chi connectivity index (χ2n) is 3.81. The van der Waals surface area contributed by atoms with Crippen molar-refractivity contribution in [1.29, 1.82) is 0 Å². The zero-order chi connectivity index (χ0) is 12.7. The van der Waals surface area contributed by atoms with Crippen LogP contribution < -0.4 is 4.74 Å². The summed E-state index contributed by atoms with van der Waals surface area (Å²) in [5.41, 5.74) is 1.06. The van der Waals surface area contributed by atoms with Gasteiger partial charge in [0.2, 0.25) is 0 Å². The third-order valence-corrected chi connectivity index (χ3v) is 2.43. The Labute approximate surface area is 101 Å². The maximum absolute atomic E-state index is 11.0. The van der Waals surface area contributed by atoms with Crippen molar-refractivity contribution < 1.29 is 19.4 Å². The maximum Gasteiger partial charge on any atom is 0.339 e. The molecule has 0 radical (unpaired) electrons. The predicted octanol–water partition coefficient (Wildman–Crippen LogP) is 2.50. The molecule has 0 aromatic heterocycles. The van der Waals surface area contributed by atoms with E-state index in [9.17, 15) is 4.79 Å². The minimum absolute atomic E-state index is 0.219. The first kappa shape index (κ1) is 13.5. The van der Waals surface area contributed by atoms with Crippen LogP contribution in [0.2, 0.25) is 0 Å². The zero-order valence-corrected chi connectivity index (χ0v) is 10.2. The monoisotopic (exact) mass is 238 g/mol. The minimum atomic E-state index is -0.958. The normalized spacial score (nSPS) is 10.2. The van der Waals surface area contributed by atoms with Gasteiger partial charge in [-0.3, -0.25) is 0 Å². The molecule has 4 heteroatoms. The van der Waals surface area contributed by atoms with Crippen molar-refractivity contribution in [2.45, 2.75) is 19.8 Å². The Balaban J connectivity index is 2.60. The number of hydrogen-bond donors (Lipinski definition) is 1. The molecule has 0 spiro atoms. The van der Waals surface area contributed by atoms with Crippen LogP contribution in [0.3, 0.4) is 0 Å². The molecule has 1 aromatic carbocycles. The second kappa shape index (κ2) is 6.91. The van der Waals surface area contributed by atoms with Gasteiger partial charge in [-0.15, -0.1) is 0 Å². The van der Waals surface area contributed by atoms with Crippen LogP contribution in [0.15, 0.2) is 18.2 Å². The molecule has 0 fully saturated rings. The number of methoxy groups -OCH3 is 1. The van der Waals surface area contributed by atoms with Gasteiger partial charge in [0.15, 0.2) is 0 Å². The summed E-state index contributed by atoms with van der Waals surface area (Å²) in [6, 6.07) is 5.12. The Morgan fingerprint density at radius 3 is 2.65 bits per heavy atom. The summed E-state index contributed by atoms with van der Waals surface area (Å²) in [5, 5.41) is 9.03. The maximum atomic E-state index is 11.0. The lowest BCUT2D eigenvalue weighted by atomic mass is 10.1. The van der Waals surface area contributed by atoms with E-state index in [1.54, 1.807) is 19.2 Å². The Hall–Kier alpha value is -1.55. The third kappa shape index (κ3) is 4.07. The molecule has 0 bridgehead atoms. The number of carbonyl (C=O) groups is 1. The molecular formula is C13H18O4. The number of carboxylic acids is 1. The van der Waals surface area contributed by atoms with Gasteiger partial charge >= 0.3 is 5.97 Å². The molecule has 1 N–H and O–H groups in total. The first-order chi connectivity index (χ1) is 8.16. The second-order valence-corrected chi connectivity index (χ2v) is 3.81. The molecule has 0 amide bonds. The van der Waals surface area contributed by atoms with Crippen molar-refractivity contribution >= 4 is 5.97 Å². The molecule has 4 nitrogen and oxygen atoms in total. The van der Waals surface area contributed by atoms with Crippen molar-refractivity contribution in [3.8, 4) is 5.75 Å². The van der Waals surface area contributed by atoms with Crippen molar-refractivity contribution in [1.82, 2.24) is 0 Å². The van der Waals surface area contributed by atoms with Crippen molar-refractivity contribution in [2.75, 3.05) is 20.3 Å². The number of hydrogen-bond acceptors (Lipinski definition) is 3. The van der Waals surface area contributed by atoms with Gasteiger partial charge < -0.3 is 14.6 Å². The lowest BCUT2D eigenvalue weighted by Gasteiger charge is -2.11. The molecule has 17 heavy (non-hydrogen) atoms. The van der Waals surface area contributed by atoms with E-state index < -0.39 is 5.97 Å². The lowest BCUT2D eigenvalue weighted by Crippen LogP contribution is -2.06. The largest absolute Gasteiger partial charge is 0.492 e. The van der Waals surface area contributed by atoms with E-state index in [2.05, 4.69) is 0 Å². The van der Waals surface area contributed by atoms with Gasteiger partial charge in [-0.05, 0) is 31.4 Å². The molecule has 0 atom stereocenters. The standard InChI is InChI=1S/C13H18O4/c1-10-6-5-7-11(13(14)15)12(10)17-9-4-3-8-16-2/h5-7H,3-4,8-9H2,1-2H3,(H,14,15). The molecule has 0 unspecified atom stereocenters. The highest BCUT2D eigenvalue weighted by Crippen LogP contribution is 2.23. The van der Waals surface area contributed by atoms with Crippen LogP contribution in [0.4, 0.5) is 0 Å². The van der Waals surface area contributed by atoms with Crippen molar-refractivity contribution in [3.63, 3.8) is 0 Å². The third-order valence-electron chi connectivity index (χ3n) is 2.43. The number of aromatic carboxylic acids is 1. The number of unbranched alkanes of at least 4 members (excludes halogenated alkanes) is 1. The highest BCUT2D eigenvalue weighted by Gasteiger charge is 2.12. The van der Waals surface area contributed by atoms with Crippen LogP contribution in [-0.4, -0.2) is 31.4 Å². The van der Waals surface area contributed by atoms with E-state index in [1.807, 2.05) is 13.0 Å². The van der Waals surface area contributed by atoms with Crippen molar-refractivity contribution in [3.05, 3.63) is 29.3 Å². The highest BCUT2D eigenvalue weighted by molar-refractivity contribution is 5.91. The zero-order valence-electron chi connectivity index (χ0n) is 10.2. The van der Waals surface area contributed by atoms with Gasteiger partial charge in [-0.2, -0.15) is 0 Å². The molecule has 1 rings (SSSR count). The molecule has 94 valence electrons. The van der Waals surface area contributed by atoms with Gasteiger partial charge in [0.1, 0.15) is 11.3 Å². The van der Waals surface area contributed by atoms with Crippen LogP contribution >= 0.6 is 0 Å². The number of para-hydroxylation sites is 1. The fourth-order valence-electron chi connectivity index (χ4n) is 1.54. The first-order valence-corrected chi connectivity index (χ1v) is 5.61. The first-order valence-electron chi connectivity index (χ1n) is 5.61. The summed E-state index contributed by atoms with van der Waals surface area (Å²) in [6.07, 6.45) is 1.76. The topological polar surface area (TPSA) is 55.8 Å². The molecular weight excluding hydrogens is 220 g/mol. The van der Waals surface area contributed by atoms with E-state index in [-0.39, 0.29) is 5.56 Å². The summed E-state index contributed by atoms with van der Waals surface area (Å²) in [6.45, 7) is 3.05. The van der Waals surface area contributed by atoms with Crippen LogP contribution in [-0.2, 0) is 4.74 Å². The summed E-state index contributed by atoms with van der Waals surface area (Å²) in [5.74, 6) is -0.488. The van der Waals surface area contributed by atoms with E-state index >= 15 is 0 Å². The van der Waals surface area contributed by atoms with Crippen LogP contribution in [0.5, 0.6) is 5.75 Å². The van der Waals surface area contributed by atoms with Gasteiger partial charge in [0.05, 0.1) is 6.61 Å². The summed E-state index contributed by atoms with van der Waals surface area (Å²) < 4.78 is 10.5. The minimum Gasteiger partial charge on any atom is -0.492 e.